The molecule has 0 aliphatic rings. The van der Waals surface area contributed by atoms with E-state index in [1.807, 2.05) is 44.2 Å². The first kappa shape index (κ1) is 138. The number of methoxy groups -OCH3 is 8. The first-order chi connectivity index (χ1) is 59.4. The first-order valence-electron chi connectivity index (χ1n) is 45.7. The number of carbonyl (C=O) groups is 1. The standard InChI is InChI=1S/C21H37O6P.C17H28O3.C17H28O2.C15H24O2.C9H20O.C8H10O3.C8H16O.C4H10O3P.CH3.BBr3.HI.Mg/c1-8-11-12-13-14-21(4,5)17-15-18(23-6)20(19(16-17)24-7)27-28(22,25-9-2)26-10-3;1-6-7-8-9-10-17(2,3)13-11-14(19-4)16(18)15(12-13)20-5;1-6-7-8-9-10-17(2,3)14-11-15(18-4)13-16(12-14)19-5;1-4-5-6-7-8-15(2,3)12-9-13(16)11-14(17)10-12;1-4-5-6-7-8-9(2,3)10;1-10-6-4-3-5-7(11-2)8(6)9;1-3-4-5-6-7-8(2)9;1-3-6-8(5)7-4-2;;2-1(3)4;;/h15-16H,8-14H2,1-7H3;11-12,18H,6-10H2,1-5H3;11-13H,6-10H2,1-5H3;9-11,16-17H,4-8H2,1-3H3;10H,4-8H2,1-3H3;3-5,9H,1-2H3;3-7H2,1-2H3;3-4H2,1-2H3;1H3;;1H;/q;;;;;;;+1;-1;;;+2/p-1. The quantitative estimate of drug-likeness (QED) is 0.00796. The molecular weight excluding hydrogens is 2000 g/mol. The molecule has 0 aliphatic carbocycles. The molecule has 0 radical (unpaired) electrons. The minimum Gasteiger partial charge on any atom is -1.00 e. The number of hydrogen-bond acceptors (Lipinski definition) is 21. The summed E-state index contributed by atoms with van der Waals surface area (Å²) in [5.41, 5.74) is 4.21. The third kappa shape index (κ3) is 67.2. The smallest absolute Gasteiger partial charge is 1.00 e. The summed E-state index contributed by atoms with van der Waals surface area (Å²) in [6, 6.07) is 23.8. The van der Waals surface area contributed by atoms with Crippen molar-refractivity contribution in [1.82, 2.24) is 0 Å². The van der Waals surface area contributed by atoms with Gasteiger partial charge in [-0.2, -0.15) is 0 Å². The van der Waals surface area contributed by atoms with E-state index in [0.29, 0.717) is 53.5 Å². The molecule has 0 spiro atoms. The van der Waals surface area contributed by atoms with E-state index in [1.54, 1.807) is 108 Å². The summed E-state index contributed by atoms with van der Waals surface area (Å²) in [6.45, 7) is 44.7. The van der Waals surface area contributed by atoms with Crippen molar-refractivity contribution in [1.29, 1.82) is 0 Å². The van der Waals surface area contributed by atoms with Gasteiger partial charge in [0.1, 0.15) is 42.0 Å². The van der Waals surface area contributed by atoms with E-state index in [-0.39, 0.29) is 121 Å². The van der Waals surface area contributed by atoms with Gasteiger partial charge in [0.15, 0.2) is 34.5 Å². The van der Waals surface area contributed by atoms with Crippen LogP contribution < -0.4 is 66.4 Å². The molecule has 0 saturated carbocycles. The van der Waals surface area contributed by atoms with Gasteiger partial charge in [0.05, 0.1) is 75.7 Å². The maximum atomic E-state index is 12.8. The van der Waals surface area contributed by atoms with Gasteiger partial charge in [-0.15, -0.1) is 56.3 Å². The van der Waals surface area contributed by atoms with Crippen LogP contribution in [0.2, 0.25) is 0 Å². The molecule has 0 atom stereocenters. The maximum Gasteiger partial charge on any atom is 2.00 e. The Bertz CT molecular complexity index is 3510. The fourth-order valence-electron chi connectivity index (χ4n) is 12.8. The minimum absolute atomic E-state index is 0. The SMILES string of the molecule is BrB(Br)Br.CCCCCCC(C)(C)O.CCCCCCC(C)(C)c1cc(O)cc(O)c1.CCCCCCC(C)(C)c1cc(OC)c(O)c(OC)c1.CCCCCCC(C)(C)c1cc(OC)c(OP(=O)(OCC)OCC)c(OC)c1.CCCCCCC(C)(C)c1cc(OC)cc(OC)c1.CCCCCCC(C)=O.CCO[P+](=O)OCC.COc1cccc(OC)c1O.[CH3-].[I-].[Mg+2]. The van der Waals surface area contributed by atoms with Crippen molar-refractivity contribution in [3.63, 3.8) is 0 Å². The zero-order valence-electron chi connectivity index (χ0n) is 85.5. The molecule has 5 aromatic rings. The molecule has 5 N–H and O–H groups in total. The Morgan fingerprint density at radius 3 is 0.922 bits per heavy atom. The molecule has 5 rings (SSSR count). The zero-order valence-corrected chi connectivity index (χ0v) is 95.6. The second-order valence-electron chi connectivity index (χ2n) is 33.9. The summed E-state index contributed by atoms with van der Waals surface area (Å²) in [5, 5.41) is 47.6. The molecule has 5 aromatic carbocycles. The summed E-state index contributed by atoms with van der Waals surface area (Å²) in [6.07, 6.45) is 36.0. The van der Waals surface area contributed by atoms with Crippen molar-refractivity contribution < 1.29 is 124 Å². The van der Waals surface area contributed by atoms with Crippen molar-refractivity contribution in [3.05, 3.63) is 109 Å². The van der Waals surface area contributed by atoms with Gasteiger partial charge in [0.2, 0.25) is 17.2 Å². The predicted molar refractivity (Wildman–Crippen MR) is 550 cm³/mol. The van der Waals surface area contributed by atoms with Gasteiger partial charge in [-0.05, 0) is 192 Å². The zero-order chi connectivity index (χ0) is 97.0. The van der Waals surface area contributed by atoms with Crippen molar-refractivity contribution in [2.24, 2.45) is 0 Å². The van der Waals surface area contributed by atoms with Crippen LogP contribution in [0.15, 0.2) is 78.9 Å². The van der Waals surface area contributed by atoms with Crippen LogP contribution in [0.25, 0.3) is 0 Å². The number of aromatic hydroxyl groups is 4. The molecule has 21 nitrogen and oxygen atoms in total. The van der Waals surface area contributed by atoms with E-state index in [9.17, 15) is 39.5 Å². The molecule has 0 unspecified atom stereocenters. The number of para-hydroxylation sites is 1. The van der Waals surface area contributed by atoms with Gasteiger partial charge in [0, 0.05) is 23.1 Å². The number of aliphatic hydroxyl groups is 1. The molecule has 0 aromatic heterocycles. The number of unbranched alkanes of at least 4 members (excludes halogenated alkanes) is 18. The van der Waals surface area contributed by atoms with Crippen LogP contribution in [-0.4, -0.2) is 146 Å². The van der Waals surface area contributed by atoms with E-state index in [4.69, 9.17) is 51.5 Å². The molecular formula is C100H176BBr3IMgO21P2+. The van der Waals surface area contributed by atoms with E-state index in [0.717, 1.165) is 79.6 Å². The summed E-state index contributed by atoms with van der Waals surface area (Å²) < 4.78 is 90.7. The molecule has 0 bridgehead atoms. The minimum atomic E-state index is -3.76. The third-order valence-electron chi connectivity index (χ3n) is 20.6. The van der Waals surface area contributed by atoms with E-state index >= 15 is 0 Å². The number of ether oxygens (including phenoxy) is 8. The molecule has 0 saturated heterocycles. The molecule has 0 heterocycles. The number of rotatable bonds is 52. The monoisotopic (exact) mass is 2170 g/mol. The predicted octanol–water partition coefficient (Wildman–Crippen LogP) is 28.1. The van der Waals surface area contributed by atoms with Crippen molar-refractivity contribution in [2.45, 2.75) is 365 Å². The number of ketones is 1. The van der Waals surface area contributed by atoms with E-state index in [2.05, 4.69) is 165 Å². The molecule has 744 valence electrons. The van der Waals surface area contributed by atoms with Gasteiger partial charge in [0.25, 0.3) is 0 Å². The number of phenolic OH excluding ortho intramolecular Hbond substituents is 4. The van der Waals surface area contributed by atoms with Crippen LogP contribution in [-0.2, 0) is 53.7 Å². The Morgan fingerprint density at radius 2 is 0.659 bits per heavy atom. The van der Waals surface area contributed by atoms with Gasteiger partial charge >= 0.3 is 42.3 Å². The Morgan fingerprint density at radius 1 is 0.388 bits per heavy atom. The fraction of sp³-hybridized carbons (Fsp3) is 0.680. The normalized spacial score (nSPS) is 10.8. The molecule has 0 amide bonds. The summed E-state index contributed by atoms with van der Waals surface area (Å²) >= 11 is 9.31. The van der Waals surface area contributed by atoms with Crippen molar-refractivity contribution in [2.75, 3.05) is 83.3 Å². The summed E-state index contributed by atoms with van der Waals surface area (Å²) in [7, 11) is 7.02. The van der Waals surface area contributed by atoms with E-state index in [1.165, 1.54) is 167 Å². The number of phosphoric acid groups is 1. The van der Waals surface area contributed by atoms with Crippen LogP contribution in [0, 0.1) is 7.43 Å². The number of phenols is 4. The number of benzene rings is 5. The Balaban J connectivity index is -0.000000269. The maximum absolute atomic E-state index is 12.8. The average molecular weight is 2180 g/mol. The first-order valence-corrected chi connectivity index (χ1v) is 51.0. The molecule has 0 fully saturated rings. The molecule has 29 heteroatoms. The molecule has 0 aliphatic heterocycles. The van der Waals surface area contributed by atoms with Gasteiger partial charge in [-0.1, -0.05) is 251 Å². The number of carbonyl (C=O) groups excluding carboxylic acids is 1. The largest absolute Gasteiger partial charge is 2.00 e. The number of phosphoric ester groups is 1. The van der Waals surface area contributed by atoms with Crippen LogP contribution in [0.3, 0.4) is 0 Å². The van der Waals surface area contributed by atoms with Crippen LogP contribution in [0.1, 0.15) is 360 Å². The Kier molecular flexibility index (Phi) is 87.4. The summed E-state index contributed by atoms with van der Waals surface area (Å²) in [5.74, 6) is 5.35. The Hall–Kier alpha value is -3.70. The van der Waals surface area contributed by atoms with Crippen LogP contribution in [0.5, 0.6) is 74.7 Å². The van der Waals surface area contributed by atoms with Crippen molar-refractivity contribution >= 4 is 95.4 Å². The summed E-state index contributed by atoms with van der Waals surface area (Å²) in [4.78, 5) is 10.4. The van der Waals surface area contributed by atoms with Gasteiger partial charge < -0.3 is 104 Å². The third-order valence-corrected chi connectivity index (χ3v) is 23.1. The average Bonchev–Trinajstić information content (AvgIpc) is 0.795. The van der Waals surface area contributed by atoms with Gasteiger partial charge in [-0.3, -0.25) is 9.05 Å². The van der Waals surface area contributed by atoms with Crippen LogP contribution >= 0.6 is 63.3 Å². The second kappa shape index (κ2) is 81.5. The fourth-order valence-corrected chi connectivity index (χ4v) is 14.5. The molecule has 129 heavy (non-hydrogen) atoms. The van der Waals surface area contributed by atoms with Crippen molar-refractivity contribution in [3.8, 4) is 74.7 Å². The van der Waals surface area contributed by atoms with E-state index < -0.39 is 21.7 Å². The number of Topliss-reactive ketones (excluding diaryl/α,β-unsaturated/α-hetero) is 1. The van der Waals surface area contributed by atoms with Crippen LogP contribution in [0.4, 0.5) is 0 Å². The number of halogens is 4. The number of hydrogen-bond donors (Lipinski definition) is 5. The Labute approximate surface area is 844 Å². The topological polar surface area (TPSA) is 272 Å². The van der Waals surface area contributed by atoms with Gasteiger partial charge in [-0.25, -0.2) is 4.57 Å². The second-order valence-corrected chi connectivity index (χ2v) is 42.9.